The number of benzene rings is 2. The average molecular weight is 349 g/mol. The van der Waals surface area contributed by atoms with Crippen molar-refractivity contribution in [2.24, 2.45) is 0 Å². The fourth-order valence-corrected chi connectivity index (χ4v) is 2.78. The summed E-state index contributed by atoms with van der Waals surface area (Å²) in [5, 5.41) is 14.6. The first-order chi connectivity index (χ1) is 12.7. The Kier molecular flexibility index (Phi) is 4.27. The minimum absolute atomic E-state index is 0.0673. The van der Waals surface area contributed by atoms with Gasteiger partial charge in [-0.15, -0.1) is 0 Å². The molecule has 3 amide bonds. The van der Waals surface area contributed by atoms with Gasteiger partial charge in [0.15, 0.2) is 0 Å². The summed E-state index contributed by atoms with van der Waals surface area (Å²) in [6.45, 7) is 0.142. The second-order valence-electron chi connectivity index (χ2n) is 6.37. The molecule has 0 atom stereocenters. The van der Waals surface area contributed by atoms with Gasteiger partial charge in [0, 0.05) is 17.6 Å². The van der Waals surface area contributed by atoms with Gasteiger partial charge in [-0.05, 0) is 24.3 Å². The van der Waals surface area contributed by atoms with Crippen molar-refractivity contribution in [3.8, 4) is 0 Å². The molecule has 2 aromatic carbocycles. The molecular weight excluding hydrogens is 330 g/mol. The maximum atomic E-state index is 12.3. The molecule has 0 radical (unpaired) electrons. The fraction of sp³-hybridized carbons (Fsp3) is 0.211. The van der Waals surface area contributed by atoms with Crippen LogP contribution in [0.25, 0.3) is 10.8 Å². The number of carbonyl (C=O) groups excluding carboxylic acids is 2. The Morgan fingerprint density at radius 3 is 2.73 bits per heavy atom. The molecule has 7 nitrogen and oxygen atoms in total. The van der Waals surface area contributed by atoms with E-state index in [1.807, 2.05) is 42.5 Å². The SMILES string of the molecule is O=C(Cn1cc(NC(=O)Nc2cccc3ccccc23)cn1)NC1CC1. The van der Waals surface area contributed by atoms with E-state index >= 15 is 0 Å². The molecule has 3 aromatic rings. The molecule has 0 unspecified atom stereocenters. The highest BCUT2D eigenvalue weighted by Crippen LogP contribution is 2.23. The lowest BCUT2D eigenvalue weighted by Crippen LogP contribution is -2.29. The first kappa shape index (κ1) is 16.1. The smallest absolute Gasteiger partial charge is 0.323 e. The predicted molar refractivity (Wildman–Crippen MR) is 100.0 cm³/mol. The van der Waals surface area contributed by atoms with E-state index in [0.29, 0.717) is 11.7 Å². The number of fused-ring (bicyclic) bond motifs is 1. The van der Waals surface area contributed by atoms with Gasteiger partial charge in [-0.1, -0.05) is 36.4 Å². The number of hydrogen-bond acceptors (Lipinski definition) is 3. The van der Waals surface area contributed by atoms with Gasteiger partial charge in [-0.3, -0.25) is 9.48 Å². The molecule has 1 aliphatic rings. The van der Waals surface area contributed by atoms with Crippen molar-refractivity contribution in [2.75, 3.05) is 10.6 Å². The van der Waals surface area contributed by atoms with Crippen LogP contribution in [0.2, 0.25) is 0 Å². The highest BCUT2D eigenvalue weighted by Gasteiger charge is 2.23. The van der Waals surface area contributed by atoms with Crippen LogP contribution in [0.15, 0.2) is 54.9 Å². The molecule has 1 fully saturated rings. The van der Waals surface area contributed by atoms with Gasteiger partial charge >= 0.3 is 6.03 Å². The summed E-state index contributed by atoms with van der Waals surface area (Å²) in [5.74, 6) is -0.0673. The van der Waals surface area contributed by atoms with Crippen LogP contribution >= 0.6 is 0 Å². The molecular formula is C19H19N5O2. The van der Waals surface area contributed by atoms with Crippen molar-refractivity contribution in [3.63, 3.8) is 0 Å². The average Bonchev–Trinajstić information content (AvgIpc) is 3.33. The number of urea groups is 1. The zero-order valence-corrected chi connectivity index (χ0v) is 14.1. The van der Waals surface area contributed by atoms with Crippen LogP contribution < -0.4 is 16.0 Å². The van der Waals surface area contributed by atoms with E-state index < -0.39 is 0 Å². The lowest BCUT2D eigenvalue weighted by molar-refractivity contribution is -0.122. The Morgan fingerprint density at radius 1 is 1.08 bits per heavy atom. The molecule has 1 heterocycles. The van der Waals surface area contributed by atoms with Gasteiger partial charge in [-0.2, -0.15) is 5.10 Å². The minimum atomic E-state index is -0.358. The summed E-state index contributed by atoms with van der Waals surface area (Å²) in [6, 6.07) is 13.6. The monoisotopic (exact) mass is 349 g/mol. The van der Waals surface area contributed by atoms with Crippen LogP contribution in [0.1, 0.15) is 12.8 Å². The van der Waals surface area contributed by atoms with Crippen LogP contribution in [0, 0.1) is 0 Å². The number of nitrogens with one attached hydrogen (secondary N) is 3. The van der Waals surface area contributed by atoms with Crippen LogP contribution in [-0.2, 0) is 11.3 Å². The zero-order valence-electron chi connectivity index (χ0n) is 14.1. The molecule has 132 valence electrons. The Labute approximate surface area is 150 Å². The molecule has 4 rings (SSSR count). The van der Waals surface area contributed by atoms with Gasteiger partial charge < -0.3 is 16.0 Å². The van der Waals surface area contributed by atoms with Crippen molar-refractivity contribution >= 4 is 34.1 Å². The van der Waals surface area contributed by atoms with Gasteiger partial charge in [-0.25, -0.2) is 4.79 Å². The first-order valence-corrected chi connectivity index (χ1v) is 8.55. The Morgan fingerprint density at radius 2 is 1.88 bits per heavy atom. The summed E-state index contributed by atoms with van der Waals surface area (Å²) >= 11 is 0. The van der Waals surface area contributed by atoms with E-state index in [1.54, 1.807) is 6.20 Å². The first-order valence-electron chi connectivity index (χ1n) is 8.55. The predicted octanol–water partition coefficient (Wildman–Crippen LogP) is 2.96. The third-order valence-electron chi connectivity index (χ3n) is 4.18. The second-order valence-corrected chi connectivity index (χ2v) is 6.37. The maximum Gasteiger partial charge on any atom is 0.323 e. The Balaban J connectivity index is 1.38. The van der Waals surface area contributed by atoms with Crippen LogP contribution in [-0.4, -0.2) is 27.8 Å². The summed E-state index contributed by atoms with van der Waals surface area (Å²) in [5.41, 5.74) is 1.26. The van der Waals surface area contributed by atoms with Gasteiger partial charge in [0.2, 0.25) is 5.91 Å². The van der Waals surface area contributed by atoms with Crippen LogP contribution in [0.5, 0.6) is 0 Å². The summed E-state index contributed by atoms with van der Waals surface area (Å²) in [6.07, 6.45) is 5.25. The number of carbonyl (C=O) groups is 2. The Bertz CT molecular complexity index is 956. The largest absolute Gasteiger partial charge is 0.352 e. The van der Waals surface area contributed by atoms with Gasteiger partial charge in [0.25, 0.3) is 0 Å². The molecule has 0 spiro atoms. The van der Waals surface area contributed by atoms with Crippen molar-refractivity contribution in [1.82, 2.24) is 15.1 Å². The highest BCUT2D eigenvalue weighted by molar-refractivity contribution is 6.06. The summed E-state index contributed by atoms with van der Waals surface area (Å²) in [7, 11) is 0. The molecule has 26 heavy (non-hydrogen) atoms. The minimum Gasteiger partial charge on any atom is -0.352 e. The maximum absolute atomic E-state index is 12.3. The van der Waals surface area contributed by atoms with Crippen LogP contribution in [0.3, 0.4) is 0 Å². The van der Waals surface area contributed by atoms with Crippen molar-refractivity contribution in [2.45, 2.75) is 25.4 Å². The number of aromatic nitrogens is 2. The molecule has 7 heteroatoms. The van der Waals surface area contributed by atoms with Crippen LogP contribution in [0.4, 0.5) is 16.2 Å². The van der Waals surface area contributed by atoms with E-state index in [9.17, 15) is 9.59 Å². The molecule has 0 aliphatic heterocycles. The molecule has 0 saturated heterocycles. The molecule has 1 aliphatic carbocycles. The third kappa shape index (κ3) is 3.83. The molecule has 3 N–H and O–H groups in total. The molecule has 1 saturated carbocycles. The number of amides is 3. The van der Waals surface area contributed by atoms with Crippen molar-refractivity contribution < 1.29 is 9.59 Å². The highest BCUT2D eigenvalue weighted by atomic mass is 16.2. The second kappa shape index (κ2) is 6.87. The number of anilines is 2. The van der Waals surface area contributed by atoms with Crippen molar-refractivity contribution in [3.05, 3.63) is 54.9 Å². The van der Waals surface area contributed by atoms with Gasteiger partial charge in [0.1, 0.15) is 6.54 Å². The van der Waals surface area contributed by atoms with Crippen molar-refractivity contribution in [1.29, 1.82) is 0 Å². The van der Waals surface area contributed by atoms with E-state index in [4.69, 9.17) is 0 Å². The standard InChI is InChI=1S/C19H19N5O2/c25-18(21-14-8-9-14)12-24-11-15(10-20-24)22-19(26)23-17-7-3-5-13-4-1-2-6-16(13)17/h1-7,10-11,14H,8-9,12H2,(H,21,25)(H2,22,23,26). The number of hydrogen-bond donors (Lipinski definition) is 3. The number of nitrogens with zero attached hydrogens (tertiary/aromatic N) is 2. The van der Waals surface area contributed by atoms with E-state index in [1.165, 1.54) is 10.9 Å². The van der Waals surface area contributed by atoms with E-state index in [-0.39, 0.29) is 18.5 Å². The molecule has 1 aromatic heterocycles. The quantitative estimate of drug-likeness (QED) is 0.662. The zero-order chi connectivity index (χ0) is 17.9. The normalized spacial score (nSPS) is 13.4. The lowest BCUT2D eigenvalue weighted by Gasteiger charge is -2.09. The summed E-state index contributed by atoms with van der Waals surface area (Å²) < 4.78 is 1.51. The van der Waals surface area contributed by atoms with E-state index in [2.05, 4.69) is 21.0 Å². The summed E-state index contributed by atoms with van der Waals surface area (Å²) in [4.78, 5) is 24.1. The number of rotatable bonds is 5. The molecule has 0 bridgehead atoms. The third-order valence-corrected chi connectivity index (χ3v) is 4.18. The topological polar surface area (TPSA) is 88.1 Å². The lowest BCUT2D eigenvalue weighted by atomic mass is 10.1. The van der Waals surface area contributed by atoms with E-state index in [0.717, 1.165) is 29.3 Å². The van der Waals surface area contributed by atoms with Gasteiger partial charge in [0.05, 0.1) is 17.6 Å². The fourth-order valence-electron chi connectivity index (χ4n) is 2.78. The Hall–Kier alpha value is -3.35.